The first-order chi connectivity index (χ1) is 17.3. The van der Waals surface area contributed by atoms with Crippen molar-refractivity contribution in [2.24, 2.45) is 10.9 Å². The van der Waals surface area contributed by atoms with Crippen molar-refractivity contribution in [1.29, 1.82) is 5.26 Å². The molecule has 2 N–H and O–H groups in total. The minimum atomic E-state index is -4.65. The molecule has 12 heteroatoms. The van der Waals surface area contributed by atoms with Crippen LogP contribution in [0, 0.1) is 11.3 Å². The van der Waals surface area contributed by atoms with Crippen LogP contribution in [0.4, 0.5) is 23.7 Å². The number of allylic oxidation sites excluding steroid dienone is 1. The summed E-state index contributed by atoms with van der Waals surface area (Å²) in [5, 5.41) is 12.7. The highest BCUT2D eigenvalue weighted by molar-refractivity contribution is 6.05. The third-order valence-electron chi connectivity index (χ3n) is 5.66. The van der Waals surface area contributed by atoms with Crippen molar-refractivity contribution in [2.75, 3.05) is 11.9 Å². The number of nitrogens with two attached hydrogens (primary N) is 1. The molecular formula is C25H22F3N5O4. The predicted molar refractivity (Wildman–Crippen MR) is 127 cm³/mol. The number of carbonyl (C=O) groups is 3. The Kier molecular flexibility index (Phi) is 7.38. The Balaban J connectivity index is 2.24. The van der Waals surface area contributed by atoms with Crippen molar-refractivity contribution in [3.8, 4) is 6.07 Å². The van der Waals surface area contributed by atoms with E-state index in [-0.39, 0.29) is 39.5 Å². The lowest BCUT2D eigenvalue weighted by Crippen LogP contribution is -2.49. The quantitative estimate of drug-likeness (QED) is 0.271. The smallest absolute Gasteiger partial charge is 0.385 e. The highest BCUT2D eigenvalue weighted by Crippen LogP contribution is 2.41. The van der Waals surface area contributed by atoms with Gasteiger partial charge in [0.25, 0.3) is 0 Å². The Morgan fingerprint density at radius 2 is 1.84 bits per heavy atom. The van der Waals surface area contributed by atoms with Gasteiger partial charge in [-0.1, -0.05) is 17.3 Å². The second-order valence-electron chi connectivity index (χ2n) is 8.26. The van der Waals surface area contributed by atoms with E-state index in [1.807, 2.05) is 6.07 Å². The highest BCUT2D eigenvalue weighted by Gasteiger charge is 2.41. The van der Waals surface area contributed by atoms with E-state index in [4.69, 9.17) is 10.6 Å². The summed E-state index contributed by atoms with van der Waals surface area (Å²) >= 11 is 0. The van der Waals surface area contributed by atoms with E-state index in [0.29, 0.717) is 0 Å². The number of nitrogens with zero attached hydrogens (tertiary/aromatic N) is 4. The number of oxime groups is 1. The number of nitriles is 1. The minimum Gasteiger partial charge on any atom is -0.385 e. The SMILES string of the molecule is CC(=O)C1=C(C)N(c2cccc(C(F)(F)F)c2)C(=O)N(C)C1c1ccc(C#N)cc1C(=O)O/N=C(\C)N. The molecule has 1 aliphatic heterocycles. The van der Waals surface area contributed by atoms with Crippen molar-refractivity contribution in [3.05, 3.63) is 76.0 Å². The molecule has 1 unspecified atom stereocenters. The maximum Gasteiger partial charge on any atom is 0.416 e. The molecule has 2 aromatic carbocycles. The fourth-order valence-electron chi connectivity index (χ4n) is 4.06. The van der Waals surface area contributed by atoms with Crippen LogP contribution in [0.25, 0.3) is 0 Å². The van der Waals surface area contributed by atoms with Crippen molar-refractivity contribution in [1.82, 2.24) is 4.90 Å². The number of alkyl halides is 3. The van der Waals surface area contributed by atoms with Crippen LogP contribution in [0.5, 0.6) is 0 Å². The van der Waals surface area contributed by atoms with Crippen LogP contribution in [0.2, 0.25) is 0 Å². The number of carbonyl (C=O) groups excluding carboxylic acids is 3. The molecule has 192 valence electrons. The number of urea groups is 1. The molecule has 0 saturated carbocycles. The fourth-order valence-corrected chi connectivity index (χ4v) is 4.06. The van der Waals surface area contributed by atoms with Gasteiger partial charge in [0.1, 0.15) is 5.84 Å². The number of hydrogen-bond acceptors (Lipinski definition) is 6. The molecule has 0 bridgehead atoms. The largest absolute Gasteiger partial charge is 0.416 e. The summed E-state index contributed by atoms with van der Waals surface area (Å²) in [5.41, 5.74) is 4.61. The molecule has 0 saturated heterocycles. The molecule has 0 fully saturated rings. The van der Waals surface area contributed by atoms with E-state index in [1.165, 1.54) is 52.1 Å². The van der Waals surface area contributed by atoms with Crippen LogP contribution in [0.3, 0.4) is 0 Å². The van der Waals surface area contributed by atoms with Crippen LogP contribution >= 0.6 is 0 Å². The lowest BCUT2D eigenvalue weighted by Gasteiger charge is -2.41. The number of hydrogen-bond donors (Lipinski definition) is 1. The van der Waals surface area contributed by atoms with Gasteiger partial charge in [0, 0.05) is 18.3 Å². The van der Waals surface area contributed by atoms with E-state index in [2.05, 4.69) is 5.16 Å². The number of amidine groups is 1. The van der Waals surface area contributed by atoms with Crippen molar-refractivity contribution >= 4 is 29.3 Å². The lowest BCUT2D eigenvalue weighted by molar-refractivity contribution is -0.137. The van der Waals surface area contributed by atoms with Gasteiger partial charge in [0.2, 0.25) is 0 Å². The molecule has 2 amide bonds. The number of rotatable bonds is 5. The van der Waals surface area contributed by atoms with Gasteiger partial charge in [0.15, 0.2) is 5.78 Å². The second kappa shape index (κ2) is 10.1. The predicted octanol–water partition coefficient (Wildman–Crippen LogP) is 4.50. The molecule has 1 heterocycles. The van der Waals surface area contributed by atoms with Crippen LogP contribution in [-0.2, 0) is 15.8 Å². The summed E-state index contributed by atoms with van der Waals surface area (Å²) in [6.07, 6.45) is -4.65. The standard InChI is InChI=1S/C25H22F3N5O4/c1-13-21(14(2)34)22(19-9-8-16(12-29)10-20(19)23(35)37-31-15(3)30)32(4)24(36)33(13)18-7-5-6-17(11-18)25(26,27)28/h5-11,22H,1-4H3,(H2,30,31). The van der Waals surface area contributed by atoms with E-state index in [9.17, 15) is 32.8 Å². The van der Waals surface area contributed by atoms with Crippen LogP contribution in [-0.4, -0.2) is 35.6 Å². The Hall–Kier alpha value is -4.66. The summed E-state index contributed by atoms with van der Waals surface area (Å²) in [5.74, 6) is -1.52. The molecular weight excluding hydrogens is 491 g/mol. The maximum atomic E-state index is 13.5. The summed E-state index contributed by atoms with van der Waals surface area (Å²) < 4.78 is 40.0. The number of amides is 2. The van der Waals surface area contributed by atoms with Gasteiger partial charge in [-0.05, 0) is 56.7 Å². The number of Topliss-reactive ketones (excluding diaryl/α,β-unsaturated/α-hetero) is 1. The molecule has 3 rings (SSSR count). The third-order valence-corrected chi connectivity index (χ3v) is 5.66. The Morgan fingerprint density at radius 3 is 2.41 bits per heavy atom. The molecule has 0 aromatic heterocycles. The Bertz CT molecular complexity index is 1390. The van der Waals surface area contributed by atoms with Crippen LogP contribution < -0.4 is 10.6 Å². The van der Waals surface area contributed by atoms with Crippen LogP contribution in [0.15, 0.2) is 58.9 Å². The minimum absolute atomic E-state index is 0.0480. The summed E-state index contributed by atoms with van der Waals surface area (Å²) in [4.78, 5) is 46.1. The molecule has 9 nitrogen and oxygen atoms in total. The van der Waals surface area contributed by atoms with Gasteiger partial charge in [-0.25, -0.2) is 9.59 Å². The normalized spacial score (nSPS) is 16.5. The number of likely N-dealkylation sites (N-methyl/N-ethyl adjacent to an activating group) is 1. The Labute approximate surface area is 210 Å². The average Bonchev–Trinajstić information content (AvgIpc) is 2.83. The molecule has 0 aliphatic carbocycles. The van der Waals surface area contributed by atoms with Gasteiger partial charge in [-0.2, -0.15) is 18.4 Å². The topological polar surface area (TPSA) is 129 Å². The number of benzene rings is 2. The number of anilines is 1. The lowest BCUT2D eigenvalue weighted by atomic mass is 9.87. The molecule has 1 atom stereocenters. The fraction of sp³-hybridized carbons (Fsp3) is 0.240. The maximum absolute atomic E-state index is 13.5. The van der Waals surface area contributed by atoms with Crippen molar-refractivity contribution in [2.45, 2.75) is 33.0 Å². The van der Waals surface area contributed by atoms with E-state index >= 15 is 0 Å². The first-order valence-electron chi connectivity index (χ1n) is 10.8. The monoisotopic (exact) mass is 513 g/mol. The third kappa shape index (κ3) is 5.30. The molecule has 0 radical (unpaired) electrons. The van der Waals surface area contributed by atoms with E-state index in [1.54, 1.807) is 0 Å². The van der Waals surface area contributed by atoms with Crippen molar-refractivity contribution in [3.63, 3.8) is 0 Å². The molecule has 0 spiro atoms. The summed E-state index contributed by atoms with van der Waals surface area (Å²) in [6, 6.07) is 8.22. The molecule has 37 heavy (non-hydrogen) atoms. The highest BCUT2D eigenvalue weighted by atomic mass is 19.4. The van der Waals surface area contributed by atoms with Gasteiger partial charge < -0.3 is 15.5 Å². The zero-order chi connectivity index (χ0) is 27.7. The number of halogens is 3. The van der Waals surface area contributed by atoms with E-state index < -0.39 is 35.6 Å². The van der Waals surface area contributed by atoms with Gasteiger partial charge in [-0.15, -0.1) is 0 Å². The molecule has 1 aliphatic rings. The molecule has 2 aromatic rings. The first-order valence-corrected chi connectivity index (χ1v) is 10.8. The summed E-state index contributed by atoms with van der Waals surface area (Å²) in [7, 11) is 1.35. The zero-order valence-electron chi connectivity index (χ0n) is 20.3. The van der Waals surface area contributed by atoms with Gasteiger partial charge in [-0.3, -0.25) is 9.69 Å². The first kappa shape index (κ1) is 26.9. The zero-order valence-corrected chi connectivity index (χ0v) is 20.3. The second-order valence-corrected chi connectivity index (χ2v) is 8.26. The Morgan fingerprint density at radius 1 is 1.16 bits per heavy atom. The average molecular weight is 513 g/mol. The van der Waals surface area contributed by atoms with Gasteiger partial charge >= 0.3 is 18.2 Å². The summed E-state index contributed by atoms with van der Waals surface area (Å²) in [6.45, 7) is 4.05. The number of ketones is 1. The van der Waals surface area contributed by atoms with Crippen molar-refractivity contribution < 1.29 is 32.4 Å². The van der Waals surface area contributed by atoms with E-state index in [0.717, 1.165) is 28.0 Å². The van der Waals surface area contributed by atoms with Gasteiger partial charge in [0.05, 0.1) is 34.5 Å². The van der Waals surface area contributed by atoms with Crippen LogP contribution in [0.1, 0.15) is 53.9 Å².